The lowest BCUT2D eigenvalue weighted by Gasteiger charge is -2.32. The monoisotopic (exact) mass is 229 g/mol. The molecule has 2 heterocycles. The van der Waals surface area contributed by atoms with Crippen LogP contribution in [0.3, 0.4) is 0 Å². The molecule has 0 aliphatic carbocycles. The van der Waals surface area contributed by atoms with E-state index in [2.05, 4.69) is 11.7 Å². The zero-order valence-electron chi connectivity index (χ0n) is 8.82. The minimum Gasteiger partial charge on any atom is -0.391 e. The molecule has 2 aliphatic rings. The average molecular weight is 229 g/mol. The summed E-state index contributed by atoms with van der Waals surface area (Å²) in [6, 6.07) is 0. The molecule has 15 heavy (non-hydrogen) atoms. The van der Waals surface area contributed by atoms with E-state index in [0.717, 1.165) is 13.0 Å². The van der Waals surface area contributed by atoms with Crippen LogP contribution in [-0.4, -0.2) is 47.0 Å². The third-order valence-corrected chi connectivity index (χ3v) is 4.31. The first kappa shape index (κ1) is 11.0. The van der Waals surface area contributed by atoms with Gasteiger partial charge in [0.05, 0.1) is 13.1 Å². The van der Waals surface area contributed by atoms with Crippen molar-refractivity contribution in [3.8, 4) is 0 Å². The van der Waals surface area contributed by atoms with Gasteiger partial charge < -0.3 is 4.74 Å². The number of esters is 2. The van der Waals surface area contributed by atoms with Crippen molar-refractivity contribution in [3.05, 3.63) is 0 Å². The summed E-state index contributed by atoms with van der Waals surface area (Å²) in [7, 11) is 0. The van der Waals surface area contributed by atoms with E-state index in [0.29, 0.717) is 0 Å². The molecule has 0 aromatic heterocycles. The predicted octanol–water partition coefficient (Wildman–Crippen LogP) is 0.657. The SMILES string of the molecule is CC1(CN2CC(=O)OC(=O)C2)CCCS1. The maximum absolute atomic E-state index is 11.1. The highest BCUT2D eigenvalue weighted by Gasteiger charge is 2.35. The average Bonchev–Trinajstić information content (AvgIpc) is 2.49. The van der Waals surface area contributed by atoms with Crippen molar-refractivity contribution < 1.29 is 14.3 Å². The van der Waals surface area contributed by atoms with Crippen LogP contribution in [0, 0.1) is 0 Å². The van der Waals surface area contributed by atoms with Gasteiger partial charge in [-0.15, -0.1) is 0 Å². The highest BCUT2D eigenvalue weighted by molar-refractivity contribution is 8.00. The molecule has 2 fully saturated rings. The van der Waals surface area contributed by atoms with Gasteiger partial charge in [-0.2, -0.15) is 11.8 Å². The predicted molar refractivity (Wildman–Crippen MR) is 57.6 cm³/mol. The zero-order chi connectivity index (χ0) is 10.9. The first-order valence-corrected chi connectivity index (χ1v) is 6.16. The summed E-state index contributed by atoms with van der Waals surface area (Å²) >= 11 is 1.94. The van der Waals surface area contributed by atoms with Crippen molar-refractivity contribution in [2.45, 2.75) is 24.5 Å². The molecule has 0 aromatic carbocycles. The Morgan fingerprint density at radius 3 is 2.60 bits per heavy atom. The smallest absolute Gasteiger partial charge is 0.327 e. The van der Waals surface area contributed by atoms with Gasteiger partial charge in [-0.25, -0.2) is 0 Å². The summed E-state index contributed by atoms with van der Waals surface area (Å²) < 4.78 is 4.69. The van der Waals surface area contributed by atoms with Crippen LogP contribution in [-0.2, 0) is 14.3 Å². The van der Waals surface area contributed by atoms with Crippen molar-refractivity contribution >= 4 is 23.7 Å². The van der Waals surface area contributed by atoms with Gasteiger partial charge in [0.1, 0.15) is 0 Å². The summed E-state index contributed by atoms with van der Waals surface area (Å²) in [5, 5.41) is 0. The second-order valence-corrected chi connectivity index (χ2v) is 6.08. The van der Waals surface area contributed by atoms with Crippen LogP contribution in [0.4, 0.5) is 0 Å². The maximum Gasteiger partial charge on any atom is 0.327 e. The number of carbonyl (C=O) groups excluding carboxylic acids is 2. The molecule has 0 N–H and O–H groups in total. The molecule has 84 valence electrons. The molecule has 0 saturated carbocycles. The van der Waals surface area contributed by atoms with Crippen LogP contribution in [0.25, 0.3) is 0 Å². The number of carbonyl (C=O) groups is 2. The summed E-state index contributed by atoms with van der Waals surface area (Å²) in [6.45, 7) is 3.51. The van der Waals surface area contributed by atoms with E-state index in [1.165, 1.54) is 12.2 Å². The van der Waals surface area contributed by atoms with E-state index >= 15 is 0 Å². The Bertz CT molecular complexity index is 270. The first-order chi connectivity index (χ1) is 7.07. The highest BCUT2D eigenvalue weighted by atomic mass is 32.2. The van der Waals surface area contributed by atoms with E-state index < -0.39 is 11.9 Å². The van der Waals surface area contributed by atoms with Crippen molar-refractivity contribution in [3.63, 3.8) is 0 Å². The van der Waals surface area contributed by atoms with E-state index in [9.17, 15) is 9.59 Å². The van der Waals surface area contributed by atoms with Gasteiger partial charge in [-0.3, -0.25) is 14.5 Å². The van der Waals surface area contributed by atoms with Crippen LogP contribution in [0.2, 0.25) is 0 Å². The molecular weight excluding hydrogens is 214 g/mol. The summed E-state index contributed by atoms with van der Waals surface area (Å²) in [5.74, 6) is 0.346. The van der Waals surface area contributed by atoms with Gasteiger partial charge in [0.15, 0.2) is 0 Å². The molecule has 2 aliphatic heterocycles. The van der Waals surface area contributed by atoms with Gasteiger partial charge in [0, 0.05) is 11.3 Å². The molecule has 0 amide bonds. The maximum atomic E-state index is 11.1. The lowest BCUT2D eigenvalue weighted by molar-refractivity contribution is -0.166. The van der Waals surface area contributed by atoms with Crippen molar-refractivity contribution in [2.75, 3.05) is 25.4 Å². The molecule has 2 saturated heterocycles. The molecule has 0 bridgehead atoms. The Labute approximate surface area is 93.3 Å². The standard InChI is InChI=1S/C10H15NO3S/c1-10(3-2-4-15-10)7-11-5-8(12)14-9(13)6-11/h2-7H2,1H3. The molecular formula is C10H15NO3S. The number of hydrogen-bond acceptors (Lipinski definition) is 5. The van der Waals surface area contributed by atoms with E-state index in [4.69, 9.17) is 0 Å². The number of ether oxygens (including phenoxy) is 1. The van der Waals surface area contributed by atoms with Crippen LogP contribution in [0.5, 0.6) is 0 Å². The number of morpholine rings is 1. The van der Waals surface area contributed by atoms with Crippen molar-refractivity contribution in [1.29, 1.82) is 0 Å². The molecule has 0 aromatic rings. The zero-order valence-corrected chi connectivity index (χ0v) is 9.64. The number of rotatable bonds is 2. The third kappa shape index (κ3) is 2.72. The minimum absolute atomic E-state index is 0.206. The van der Waals surface area contributed by atoms with Gasteiger partial charge in [0.2, 0.25) is 0 Å². The second-order valence-electron chi connectivity index (χ2n) is 4.39. The summed E-state index contributed by atoms with van der Waals surface area (Å²) in [5.41, 5.74) is 0. The van der Waals surface area contributed by atoms with Crippen LogP contribution >= 0.6 is 11.8 Å². The van der Waals surface area contributed by atoms with Crippen LogP contribution in [0.15, 0.2) is 0 Å². The number of cyclic esters (lactones) is 2. The largest absolute Gasteiger partial charge is 0.391 e. The molecule has 1 unspecified atom stereocenters. The van der Waals surface area contributed by atoms with Gasteiger partial charge in [0.25, 0.3) is 0 Å². The van der Waals surface area contributed by atoms with Gasteiger partial charge in [-0.1, -0.05) is 0 Å². The van der Waals surface area contributed by atoms with E-state index in [-0.39, 0.29) is 17.8 Å². The Hall–Kier alpha value is -0.550. The van der Waals surface area contributed by atoms with Crippen molar-refractivity contribution in [2.24, 2.45) is 0 Å². The fourth-order valence-electron chi connectivity index (χ4n) is 2.16. The molecule has 0 spiro atoms. The van der Waals surface area contributed by atoms with E-state index in [1.54, 1.807) is 0 Å². The first-order valence-electron chi connectivity index (χ1n) is 5.17. The number of thioether (sulfide) groups is 1. The molecule has 2 rings (SSSR count). The molecule has 5 heteroatoms. The Morgan fingerprint density at radius 1 is 1.40 bits per heavy atom. The molecule has 4 nitrogen and oxygen atoms in total. The summed E-state index contributed by atoms with van der Waals surface area (Å²) in [4.78, 5) is 24.0. The number of nitrogens with zero attached hydrogens (tertiary/aromatic N) is 1. The lowest BCUT2D eigenvalue weighted by atomic mass is 10.0. The number of hydrogen-bond donors (Lipinski definition) is 0. The lowest BCUT2D eigenvalue weighted by Crippen LogP contribution is -2.47. The fourth-order valence-corrected chi connectivity index (χ4v) is 3.50. The van der Waals surface area contributed by atoms with Crippen LogP contribution in [0.1, 0.15) is 19.8 Å². The van der Waals surface area contributed by atoms with Crippen LogP contribution < -0.4 is 0 Å². The third-order valence-electron chi connectivity index (χ3n) is 2.79. The Kier molecular flexibility index (Phi) is 3.02. The highest BCUT2D eigenvalue weighted by Crippen LogP contribution is 2.38. The molecule has 1 atom stereocenters. The Morgan fingerprint density at radius 2 is 2.07 bits per heavy atom. The summed E-state index contributed by atoms with van der Waals surface area (Å²) in [6.07, 6.45) is 2.39. The minimum atomic E-state index is -0.419. The quantitative estimate of drug-likeness (QED) is 0.514. The second kappa shape index (κ2) is 4.14. The topological polar surface area (TPSA) is 46.6 Å². The van der Waals surface area contributed by atoms with E-state index in [1.807, 2.05) is 16.7 Å². The Balaban J connectivity index is 1.93. The fraction of sp³-hybridized carbons (Fsp3) is 0.800. The van der Waals surface area contributed by atoms with Gasteiger partial charge >= 0.3 is 11.9 Å². The molecule has 0 radical (unpaired) electrons. The van der Waals surface area contributed by atoms with Gasteiger partial charge in [-0.05, 0) is 25.5 Å². The normalized spacial score (nSPS) is 33.1. The van der Waals surface area contributed by atoms with Crippen molar-refractivity contribution in [1.82, 2.24) is 4.90 Å².